The normalized spacial score (nSPS) is 32.6. The number of likely N-dealkylation sites (tertiary alicyclic amines) is 1. The third kappa shape index (κ3) is 15.5. The van der Waals surface area contributed by atoms with Crippen LogP contribution in [0.4, 0.5) is 0 Å². The summed E-state index contributed by atoms with van der Waals surface area (Å²) < 4.78 is 25.4. The van der Waals surface area contributed by atoms with Crippen molar-refractivity contribution in [3.8, 4) is 0 Å². The molecule has 64 heavy (non-hydrogen) atoms. The fourth-order valence-electron chi connectivity index (χ4n) is 14.8. The average molecular weight is 890 g/mol. The molecule has 1 aliphatic heterocycles. The standard InChI is InChI=1S/C59H103NO4/c1-7-8-9-10-11-12-13-14-15-16-17-18-19-20-21-22-37-62-46-53(45-60-43-49-27-24-28-50(49)44-60)64-41-39-61-38-40-63-52-33-35-58(5)51(42-52)29-30-54-56-32-31-55(48(4)26-23-25-47(2)3)59(56,6)36-34-57(54)58/h11-12,14-15,29,47-50,52-57H,7-10,13,16-28,30-46H2,1-6H3/b12-11-,15-14-/t48-,49?,50?,52+,53?,54+,55-,56+,57+,58+,59-/m1/s1. The van der Waals surface area contributed by atoms with Crippen LogP contribution in [0.25, 0.3) is 0 Å². The molecule has 0 amide bonds. The molecule has 6 rings (SSSR count). The number of rotatable bonds is 32. The number of unbranched alkanes of at least 4 members (excludes halogenated alkanes) is 9. The van der Waals surface area contributed by atoms with E-state index in [1.807, 2.05) is 0 Å². The lowest BCUT2D eigenvalue weighted by Gasteiger charge is -2.58. The minimum absolute atomic E-state index is 0.124. The molecule has 0 aromatic heterocycles. The van der Waals surface area contributed by atoms with E-state index >= 15 is 0 Å². The Labute approximate surface area is 396 Å². The van der Waals surface area contributed by atoms with Crippen molar-refractivity contribution in [1.29, 1.82) is 0 Å². The van der Waals surface area contributed by atoms with E-state index in [0.29, 0.717) is 50.0 Å². The first kappa shape index (κ1) is 52.4. The highest BCUT2D eigenvalue weighted by molar-refractivity contribution is 5.25. The zero-order valence-electron chi connectivity index (χ0n) is 43.0. The molecule has 5 heteroatoms. The lowest BCUT2D eigenvalue weighted by atomic mass is 9.47. The summed E-state index contributed by atoms with van der Waals surface area (Å²) in [6.07, 6.45) is 47.3. The third-order valence-corrected chi connectivity index (χ3v) is 18.5. The van der Waals surface area contributed by atoms with Gasteiger partial charge in [0, 0.05) is 26.2 Å². The summed E-state index contributed by atoms with van der Waals surface area (Å²) in [5.74, 6) is 7.19. The van der Waals surface area contributed by atoms with Crippen molar-refractivity contribution >= 4 is 0 Å². The van der Waals surface area contributed by atoms with Crippen molar-refractivity contribution < 1.29 is 18.9 Å². The molecule has 4 saturated carbocycles. The fraction of sp³-hybridized carbons (Fsp3) is 0.898. The minimum Gasteiger partial charge on any atom is -0.379 e. The third-order valence-electron chi connectivity index (χ3n) is 18.5. The smallest absolute Gasteiger partial charge is 0.0936 e. The van der Waals surface area contributed by atoms with E-state index in [1.165, 1.54) is 161 Å². The molecule has 1 heterocycles. The molecular formula is C59H103NO4. The second kappa shape index (κ2) is 27.9. The van der Waals surface area contributed by atoms with Gasteiger partial charge in [-0.15, -0.1) is 0 Å². The van der Waals surface area contributed by atoms with E-state index in [1.54, 1.807) is 5.57 Å². The van der Waals surface area contributed by atoms with Crippen LogP contribution >= 0.6 is 0 Å². The van der Waals surface area contributed by atoms with Crippen molar-refractivity contribution in [3.05, 3.63) is 36.0 Å². The summed E-state index contributed by atoms with van der Waals surface area (Å²) in [5.41, 5.74) is 2.69. The van der Waals surface area contributed by atoms with Gasteiger partial charge in [-0.05, 0) is 161 Å². The van der Waals surface area contributed by atoms with Gasteiger partial charge in [-0.1, -0.05) is 142 Å². The molecule has 0 N–H and O–H groups in total. The van der Waals surface area contributed by atoms with E-state index in [0.717, 1.165) is 79.8 Å². The van der Waals surface area contributed by atoms with Crippen LogP contribution in [0.5, 0.6) is 0 Å². The second-order valence-corrected chi connectivity index (χ2v) is 23.5. The summed E-state index contributed by atoms with van der Waals surface area (Å²) in [4.78, 5) is 2.67. The highest BCUT2D eigenvalue weighted by Crippen LogP contribution is 2.67. The van der Waals surface area contributed by atoms with Crippen molar-refractivity contribution in [2.75, 3.05) is 59.3 Å². The van der Waals surface area contributed by atoms with Gasteiger partial charge in [0.25, 0.3) is 0 Å². The predicted octanol–water partition coefficient (Wildman–Crippen LogP) is 15.4. The first-order valence-corrected chi connectivity index (χ1v) is 28.3. The fourth-order valence-corrected chi connectivity index (χ4v) is 14.8. The lowest BCUT2D eigenvalue weighted by molar-refractivity contribution is -0.0732. The van der Waals surface area contributed by atoms with Gasteiger partial charge in [0.15, 0.2) is 0 Å². The number of hydrogen-bond donors (Lipinski definition) is 0. The van der Waals surface area contributed by atoms with Gasteiger partial charge in [0.2, 0.25) is 0 Å². The van der Waals surface area contributed by atoms with Crippen LogP contribution in [-0.2, 0) is 18.9 Å². The summed E-state index contributed by atoms with van der Waals surface area (Å²) in [7, 11) is 0. The van der Waals surface area contributed by atoms with Crippen LogP contribution < -0.4 is 0 Å². The largest absolute Gasteiger partial charge is 0.379 e. The predicted molar refractivity (Wildman–Crippen MR) is 271 cm³/mol. The number of ether oxygens (including phenoxy) is 4. The first-order valence-electron chi connectivity index (χ1n) is 28.3. The summed E-state index contributed by atoms with van der Waals surface area (Å²) in [5, 5.41) is 0. The van der Waals surface area contributed by atoms with E-state index in [-0.39, 0.29) is 6.10 Å². The van der Waals surface area contributed by atoms with Gasteiger partial charge in [-0.2, -0.15) is 0 Å². The average Bonchev–Trinajstić information content (AvgIpc) is 3.99. The van der Waals surface area contributed by atoms with Crippen LogP contribution in [0.1, 0.15) is 208 Å². The van der Waals surface area contributed by atoms with Crippen LogP contribution in [0.3, 0.4) is 0 Å². The van der Waals surface area contributed by atoms with Crippen LogP contribution in [0.2, 0.25) is 0 Å². The molecular weight excluding hydrogens is 787 g/mol. The molecule has 5 nitrogen and oxygen atoms in total. The number of hydrogen-bond acceptors (Lipinski definition) is 5. The number of allylic oxidation sites excluding steroid dienone is 5. The molecule has 0 bridgehead atoms. The highest BCUT2D eigenvalue weighted by Gasteiger charge is 2.59. The zero-order valence-corrected chi connectivity index (χ0v) is 43.0. The Balaban J connectivity index is 0.822. The van der Waals surface area contributed by atoms with Gasteiger partial charge in [0.1, 0.15) is 0 Å². The monoisotopic (exact) mass is 890 g/mol. The van der Waals surface area contributed by atoms with Gasteiger partial charge >= 0.3 is 0 Å². The molecule has 368 valence electrons. The van der Waals surface area contributed by atoms with E-state index in [2.05, 4.69) is 76.8 Å². The SMILES string of the molecule is CCCCC/C=C\C/C=C\CCCCCCCCOCC(CN1CC2CCCC2C1)OCCOCCO[C@H]1CC[C@@]2(C)C(=CC[C@H]3[C@@H]4CC[C@H]([C@H](C)CCCC(C)C)[C@@]4(C)CC[C@@H]32)C1. The number of nitrogens with zero attached hydrogens (tertiary/aromatic N) is 1. The summed E-state index contributed by atoms with van der Waals surface area (Å²) in [6.45, 7) is 22.7. The molecule has 6 aliphatic rings. The molecule has 0 aromatic carbocycles. The molecule has 11 atom stereocenters. The van der Waals surface area contributed by atoms with Gasteiger partial charge in [-0.25, -0.2) is 0 Å². The van der Waals surface area contributed by atoms with E-state index < -0.39 is 0 Å². The topological polar surface area (TPSA) is 40.2 Å². The number of fused-ring (bicyclic) bond motifs is 6. The lowest BCUT2D eigenvalue weighted by Crippen LogP contribution is -2.51. The van der Waals surface area contributed by atoms with Gasteiger partial charge < -0.3 is 23.8 Å². The maximum absolute atomic E-state index is 6.55. The Bertz CT molecular complexity index is 1360. The molecule has 1 saturated heterocycles. The first-order chi connectivity index (χ1) is 31.2. The quantitative estimate of drug-likeness (QED) is 0.0497. The molecule has 0 radical (unpaired) electrons. The second-order valence-electron chi connectivity index (χ2n) is 23.5. The van der Waals surface area contributed by atoms with Crippen LogP contribution in [0, 0.1) is 58.2 Å². The van der Waals surface area contributed by atoms with Gasteiger partial charge in [-0.3, -0.25) is 0 Å². The van der Waals surface area contributed by atoms with E-state index in [9.17, 15) is 0 Å². The molecule has 5 fully saturated rings. The summed E-state index contributed by atoms with van der Waals surface area (Å²) >= 11 is 0. The van der Waals surface area contributed by atoms with Crippen molar-refractivity contribution in [3.63, 3.8) is 0 Å². The van der Waals surface area contributed by atoms with Crippen molar-refractivity contribution in [1.82, 2.24) is 4.90 Å². The Morgan fingerprint density at radius 2 is 1.44 bits per heavy atom. The molecule has 0 spiro atoms. The zero-order chi connectivity index (χ0) is 45.0. The molecule has 0 aromatic rings. The Morgan fingerprint density at radius 3 is 2.20 bits per heavy atom. The van der Waals surface area contributed by atoms with Crippen LogP contribution in [-0.4, -0.2) is 76.4 Å². The molecule has 3 unspecified atom stereocenters. The Hall–Kier alpha value is -0.980. The summed E-state index contributed by atoms with van der Waals surface area (Å²) in [6, 6.07) is 0. The highest BCUT2D eigenvalue weighted by atomic mass is 16.6. The van der Waals surface area contributed by atoms with Crippen molar-refractivity contribution in [2.24, 2.45) is 58.2 Å². The van der Waals surface area contributed by atoms with Gasteiger partial charge in [0.05, 0.1) is 45.2 Å². The maximum atomic E-state index is 6.55. The van der Waals surface area contributed by atoms with Crippen molar-refractivity contribution in [2.45, 2.75) is 221 Å². The Kier molecular flexibility index (Phi) is 22.8. The minimum atomic E-state index is 0.124. The van der Waals surface area contributed by atoms with Crippen LogP contribution in [0.15, 0.2) is 36.0 Å². The maximum Gasteiger partial charge on any atom is 0.0936 e. The van der Waals surface area contributed by atoms with E-state index in [4.69, 9.17) is 18.9 Å². The Morgan fingerprint density at radius 1 is 0.703 bits per heavy atom. The molecule has 5 aliphatic carbocycles.